The van der Waals surface area contributed by atoms with Crippen LogP contribution in [0, 0.1) is 5.92 Å². The lowest BCUT2D eigenvalue weighted by molar-refractivity contribution is -0.143. The Morgan fingerprint density at radius 2 is 2.12 bits per heavy atom. The van der Waals surface area contributed by atoms with Gasteiger partial charge in [0.1, 0.15) is 0 Å². The second-order valence-electron chi connectivity index (χ2n) is 6.65. The molecule has 1 aromatic carbocycles. The molecule has 5 nitrogen and oxygen atoms in total. The van der Waals surface area contributed by atoms with Crippen molar-refractivity contribution in [2.75, 3.05) is 19.6 Å². The molecule has 1 saturated heterocycles. The molecule has 3 rings (SSSR count). The average Bonchev–Trinajstić information content (AvgIpc) is 3.06. The molecule has 0 aliphatic carbocycles. The van der Waals surface area contributed by atoms with Crippen molar-refractivity contribution in [2.24, 2.45) is 13.0 Å². The van der Waals surface area contributed by atoms with Crippen LogP contribution in [0.1, 0.15) is 30.4 Å². The molecule has 132 valence electrons. The Hall–Kier alpha value is -2.40. The molecule has 0 bridgehead atoms. The van der Waals surface area contributed by atoms with E-state index in [4.69, 9.17) is 0 Å². The molecule has 1 fully saturated rings. The average molecular weight is 339 g/mol. The van der Waals surface area contributed by atoms with Gasteiger partial charge in [0.2, 0.25) is 0 Å². The van der Waals surface area contributed by atoms with E-state index in [9.17, 15) is 9.90 Å². The quantitative estimate of drug-likeness (QED) is 0.879. The standard InChI is InChI=1S/C20H25N3O2/c1-22-14-18(13-21-22)19(16-7-3-2-4-8-16)10-6-12-23-11-5-9-17(15-23)20(24)25/h2-4,7-8,10,13-14,17H,5-6,9,11-12,15H2,1H3,(H,24,25)/b19-10+. The molecule has 1 unspecified atom stereocenters. The predicted octanol–water partition coefficient (Wildman–Crippen LogP) is 3.04. The molecular formula is C20H25N3O2. The van der Waals surface area contributed by atoms with Gasteiger partial charge in [-0.25, -0.2) is 0 Å². The highest BCUT2D eigenvalue weighted by atomic mass is 16.4. The lowest BCUT2D eigenvalue weighted by Crippen LogP contribution is -2.39. The highest BCUT2D eigenvalue weighted by Crippen LogP contribution is 2.24. The van der Waals surface area contributed by atoms with Gasteiger partial charge in [0, 0.05) is 31.9 Å². The van der Waals surface area contributed by atoms with Crippen LogP contribution in [0.3, 0.4) is 0 Å². The van der Waals surface area contributed by atoms with Crippen molar-refractivity contribution < 1.29 is 9.90 Å². The van der Waals surface area contributed by atoms with Crippen LogP contribution in [0.2, 0.25) is 0 Å². The number of carbonyl (C=O) groups is 1. The molecule has 2 heterocycles. The number of carboxylic acids is 1. The Balaban J connectivity index is 1.70. The molecule has 1 aliphatic heterocycles. The Bertz CT molecular complexity index is 736. The molecule has 1 aromatic heterocycles. The second-order valence-corrected chi connectivity index (χ2v) is 6.65. The molecule has 0 amide bonds. The zero-order valence-corrected chi connectivity index (χ0v) is 14.6. The summed E-state index contributed by atoms with van der Waals surface area (Å²) in [5.41, 5.74) is 3.47. The molecule has 0 radical (unpaired) electrons. The zero-order chi connectivity index (χ0) is 17.6. The Morgan fingerprint density at radius 3 is 2.80 bits per heavy atom. The van der Waals surface area contributed by atoms with Crippen LogP contribution in [0.15, 0.2) is 48.8 Å². The van der Waals surface area contributed by atoms with E-state index >= 15 is 0 Å². The van der Waals surface area contributed by atoms with Gasteiger partial charge >= 0.3 is 5.97 Å². The zero-order valence-electron chi connectivity index (χ0n) is 14.6. The number of hydrogen-bond acceptors (Lipinski definition) is 3. The van der Waals surface area contributed by atoms with Crippen LogP contribution in [-0.2, 0) is 11.8 Å². The van der Waals surface area contributed by atoms with E-state index in [0.29, 0.717) is 6.54 Å². The number of likely N-dealkylation sites (tertiary alicyclic amines) is 1. The third-order valence-electron chi connectivity index (χ3n) is 4.75. The molecule has 0 saturated carbocycles. The molecule has 1 N–H and O–H groups in total. The minimum Gasteiger partial charge on any atom is -0.481 e. The summed E-state index contributed by atoms with van der Waals surface area (Å²) in [5.74, 6) is -0.884. The van der Waals surface area contributed by atoms with Gasteiger partial charge in [-0.15, -0.1) is 0 Å². The number of aromatic nitrogens is 2. The third kappa shape index (κ3) is 4.57. The Morgan fingerprint density at radius 1 is 1.32 bits per heavy atom. The summed E-state index contributed by atoms with van der Waals surface area (Å²) >= 11 is 0. The van der Waals surface area contributed by atoms with Crippen LogP contribution in [0.5, 0.6) is 0 Å². The van der Waals surface area contributed by atoms with E-state index in [1.54, 1.807) is 0 Å². The summed E-state index contributed by atoms with van der Waals surface area (Å²) in [6.07, 6.45) is 8.82. The summed E-state index contributed by atoms with van der Waals surface area (Å²) in [6, 6.07) is 10.3. The fraction of sp³-hybridized carbons (Fsp3) is 0.400. The van der Waals surface area contributed by atoms with Crippen LogP contribution in [0.25, 0.3) is 5.57 Å². The van der Waals surface area contributed by atoms with Crippen molar-refractivity contribution in [2.45, 2.75) is 19.3 Å². The number of aliphatic carboxylic acids is 1. The van der Waals surface area contributed by atoms with Crippen LogP contribution < -0.4 is 0 Å². The predicted molar refractivity (Wildman–Crippen MR) is 98.1 cm³/mol. The van der Waals surface area contributed by atoms with Crippen LogP contribution in [-0.4, -0.2) is 45.4 Å². The molecule has 1 atom stereocenters. The maximum absolute atomic E-state index is 11.2. The first-order chi connectivity index (χ1) is 12.1. The number of hydrogen-bond donors (Lipinski definition) is 1. The summed E-state index contributed by atoms with van der Waals surface area (Å²) < 4.78 is 1.81. The molecule has 1 aliphatic rings. The molecule has 2 aromatic rings. The lowest BCUT2D eigenvalue weighted by Gasteiger charge is -2.30. The fourth-order valence-corrected chi connectivity index (χ4v) is 3.43. The van der Waals surface area contributed by atoms with Crippen LogP contribution in [0.4, 0.5) is 0 Å². The van der Waals surface area contributed by atoms with Crippen molar-refractivity contribution in [3.05, 3.63) is 59.9 Å². The van der Waals surface area contributed by atoms with Crippen molar-refractivity contribution in [1.29, 1.82) is 0 Å². The minimum absolute atomic E-state index is 0.218. The van der Waals surface area contributed by atoms with Crippen molar-refractivity contribution >= 4 is 11.5 Å². The summed E-state index contributed by atoms with van der Waals surface area (Å²) in [6.45, 7) is 2.54. The van der Waals surface area contributed by atoms with Gasteiger partial charge in [0.25, 0.3) is 0 Å². The summed E-state index contributed by atoms with van der Waals surface area (Å²) in [4.78, 5) is 13.5. The number of carboxylic acid groups (broad SMARTS) is 1. The van der Waals surface area contributed by atoms with E-state index < -0.39 is 5.97 Å². The fourth-order valence-electron chi connectivity index (χ4n) is 3.43. The van der Waals surface area contributed by atoms with E-state index in [1.807, 2.05) is 42.3 Å². The summed E-state index contributed by atoms with van der Waals surface area (Å²) in [7, 11) is 1.92. The van der Waals surface area contributed by atoms with Crippen molar-refractivity contribution in [3.8, 4) is 0 Å². The third-order valence-corrected chi connectivity index (χ3v) is 4.75. The van der Waals surface area contributed by atoms with Gasteiger partial charge in [-0.1, -0.05) is 36.4 Å². The van der Waals surface area contributed by atoms with Crippen molar-refractivity contribution in [1.82, 2.24) is 14.7 Å². The van der Waals surface area contributed by atoms with E-state index in [2.05, 4.69) is 28.2 Å². The topological polar surface area (TPSA) is 58.4 Å². The smallest absolute Gasteiger partial charge is 0.307 e. The second kappa shape index (κ2) is 8.12. The minimum atomic E-state index is -0.666. The normalized spacial score (nSPS) is 19.1. The van der Waals surface area contributed by atoms with E-state index in [-0.39, 0.29) is 5.92 Å². The number of nitrogens with zero attached hydrogens (tertiary/aromatic N) is 3. The van der Waals surface area contributed by atoms with E-state index in [1.165, 1.54) is 11.1 Å². The first-order valence-corrected chi connectivity index (χ1v) is 8.83. The Labute approximate surface area is 148 Å². The first kappa shape index (κ1) is 17.4. The SMILES string of the molecule is Cn1cc(/C(=C/CCN2CCCC(C(=O)O)C2)c2ccccc2)cn1. The number of aryl methyl sites for hydroxylation is 1. The molecular weight excluding hydrogens is 314 g/mol. The van der Waals surface area contributed by atoms with Crippen molar-refractivity contribution in [3.63, 3.8) is 0 Å². The highest BCUT2D eigenvalue weighted by Gasteiger charge is 2.24. The summed E-state index contributed by atoms with van der Waals surface area (Å²) in [5, 5.41) is 13.5. The van der Waals surface area contributed by atoms with Crippen LogP contribution >= 0.6 is 0 Å². The lowest BCUT2D eigenvalue weighted by atomic mass is 9.97. The molecule has 5 heteroatoms. The van der Waals surface area contributed by atoms with Gasteiger partial charge in [0.15, 0.2) is 0 Å². The highest BCUT2D eigenvalue weighted by molar-refractivity contribution is 5.79. The number of benzene rings is 1. The van der Waals surface area contributed by atoms with Gasteiger partial charge in [-0.05, 0) is 36.9 Å². The van der Waals surface area contributed by atoms with Gasteiger partial charge in [-0.2, -0.15) is 5.10 Å². The van der Waals surface area contributed by atoms with Gasteiger partial charge in [0.05, 0.1) is 12.1 Å². The maximum Gasteiger partial charge on any atom is 0.307 e. The molecule has 25 heavy (non-hydrogen) atoms. The molecule has 0 spiro atoms. The maximum atomic E-state index is 11.2. The largest absolute Gasteiger partial charge is 0.481 e. The van der Waals surface area contributed by atoms with E-state index in [0.717, 1.165) is 37.9 Å². The first-order valence-electron chi connectivity index (χ1n) is 8.83. The number of piperidine rings is 1. The van der Waals surface area contributed by atoms with Gasteiger partial charge < -0.3 is 10.0 Å². The number of rotatable bonds is 6. The van der Waals surface area contributed by atoms with Gasteiger partial charge in [-0.3, -0.25) is 9.48 Å². The Kier molecular flexibility index (Phi) is 5.66. The monoisotopic (exact) mass is 339 g/mol.